The predicted molar refractivity (Wildman–Crippen MR) is 58.1 cm³/mol. The Bertz CT molecular complexity index is 359. The Hall–Kier alpha value is -1.31. The van der Waals surface area contributed by atoms with Gasteiger partial charge in [-0.1, -0.05) is 19.1 Å². The second-order valence-electron chi connectivity index (χ2n) is 3.84. The zero-order valence-electron chi connectivity index (χ0n) is 8.66. The van der Waals surface area contributed by atoms with Crippen molar-refractivity contribution in [2.75, 3.05) is 18.0 Å². The zero-order valence-corrected chi connectivity index (χ0v) is 8.66. The van der Waals surface area contributed by atoms with Crippen LogP contribution in [-0.2, 0) is 0 Å². The number of rotatable bonds is 2. The van der Waals surface area contributed by atoms with Crippen molar-refractivity contribution in [3.8, 4) is 0 Å². The van der Waals surface area contributed by atoms with Gasteiger partial charge in [0.25, 0.3) is 0 Å². The monoisotopic (exact) mass is 189 g/mol. The third-order valence-corrected chi connectivity index (χ3v) is 2.95. The molecular weight excluding hydrogens is 174 g/mol. The lowest BCUT2D eigenvalue weighted by molar-refractivity contribution is 0.112. The van der Waals surface area contributed by atoms with Crippen molar-refractivity contribution in [2.24, 2.45) is 0 Å². The molecule has 0 saturated heterocycles. The number of carbonyl (C=O) groups excluding carboxylic acids is 1. The van der Waals surface area contributed by atoms with Crippen LogP contribution in [0.5, 0.6) is 0 Å². The molecule has 1 unspecified atom stereocenters. The fourth-order valence-corrected chi connectivity index (χ4v) is 2.25. The molecule has 0 amide bonds. The van der Waals surface area contributed by atoms with Gasteiger partial charge < -0.3 is 4.90 Å². The SMILES string of the molecule is CCN1CC(C)c2cccc(C=O)c21. The third kappa shape index (κ3) is 1.22. The summed E-state index contributed by atoms with van der Waals surface area (Å²) in [6.45, 7) is 6.35. The van der Waals surface area contributed by atoms with Crippen LogP contribution in [0.1, 0.15) is 35.7 Å². The van der Waals surface area contributed by atoms with Gasteiger partial charge >= 0.3 is 0 Å². The quantitative estimate of drug-likeness (QED) is 0.666. The van der Waals surface area contributed by atoms with E-state index in [1.165, 1.54) is 5.56 Å². The number of hydrogen-bond acceptors (Lipinski definition) is 2. The van der Waals surface area contributed by atoms with Gasteiger partial charge in [-0.2, -0.15) is 0 Å². The van der Waals surface area contributed by atoms with Gasteiger partial charge in [0.05, 0.1) is 5.69 Å². The molecule has 0 spiro atoms. The molecule has 1 atom stereocenters. The Morgan fingerprint density at radius 3 is 3.00 bits per heavy atom. The number of likely N-dealkylation sites (N-methyl/N-ethyl adjacent to an activating group) is 1. The molecule has 1 aromatic carbocycles. The minimum atomic E-state index is 0.546. The number of fused-ring (bicyclic) bond motifs is 1. The summed E-state index contributed by atoms with van der Waals surface area (Å²) in [4.78, 5) is 13.2. The van der Waals surface area contributed by atoms with E-state index in [-0.39, 0.29) is 0 Å². The molecule has 0 aromatic heterocycles. The number of hydrogen-bond donors (Lipinski definition) is 0. The van der Waals surface area contributed by atoms with Crippen LogP contribution in [-0.4, -0.2) is 19.4 Å². The van der Waals surface area contributed by atoms with E-state index in [1.807, 2.05) is 12.1 Å². The van der Waals surface area contributed by atoms with E-state index in [2.05, 4.69) is 24.8 Å². The second-order valence-corrected chi connectivity index (χ2v) is 3.84. The van der Waals surface area contributed by atoms with E-state index >= 15 is 0 Å². The lowest BCUT2D eigenvalue weighted by Gasteiger charge is -2.18. The summed E-state index contributed by atoms with van der Waals surface area (Å²) in [7, 11) is 0. The van der Waals surface area contributed by atoms with E-state index < -0.39 is 0 Å². The van der Waals surface area contributed by atoms with Crippen molar-refractivity contribution < 1.29 is 4.79 Å². The van der Waals surface area contributed by atoms with Gasteiger partial charge in [0.1, 0.15) is 0 Å². The van der Waals surface area contributed by atoms with Gasteiger partial charge in [-0.3, -0.25) is 4.79 Å². The molecule has 1 aromatic rings. The lowest BCUT2D eigenvalue weighted by Crippen LogP contribution is -2.21. The lowest BCUT2D eigenvalue weighted by atomic mass is 10.0. The molecule has 2 nitrogen and oxygen atoms in total. The molecule has 0 bridgehead atoms. The number of para-hydroxylation sites is 1. The predicted octanol–water partition coefficient (Wildman–Crippen LogP) is 2.44. The first-order chi connectivity index (χ1) is 6.77. The van der Waals surface area contributed by atoms with Gasteiger partial charge in [0, 0.05) is 24.6 Å². The van der Waals surface area contributed by atoms with Gasteiger partial charge in [0.15, 0.2) is 6.29 Å². The third-order valence-electron chi connectivity index (χ3n) is 2.95. The van der Waals surface area contributed by atoms with Crippen molar-refractivity contribution in [2.45, 2.75) is 19.8 Å². The highest BCUT2D eigenvalue weighted by molar-refractivity contribution is 5.87. The van der Waals surface area contributed by atoms with Crippen molar-refractivity contribution in [3.05, 3.63) is 29.3 Å². The Morgan fingerprint density at radius 1 is 1.57 bits per heavy atom. The molecule has 2 rings (SSSR count). The first kappa shape index (κ1) is 9.25. The molecule has 0 aliphatic carbocycles. The standard InChI is InChI=1S/C12H15NO/c1-3-13-7-9(2)11-6-4-5-10(8-14)12(11)13/h4-6,8-9H,3,7H2,1-2H3. The van der Waals surface area contributed by atoms with Gasteiger partial charge in [-0.05, 0) is 18.6 Å². The molecule has 74 valence electrons. The van der Waals surface area contributed by atoms with Crippen LogP contribution in [0.25, 0.3) is 0 Å². The summed E-state index contributed by atoms with van der Waals surface area (Å²) in [6.07, 6.45) is 0.958. The fraction of sp³-hybridized carbons (Fsp3) is 0.417. The van der Waals surface area contributed by atoms with E-state index in [1.54, 1.807) is 0 Å². The van der Waals surface area contributed by atoms with Crippen molar-refractivity contribution >= 4 is 12.0 Å². The van der Waals surface area contributed by atoms with Gasteiger partial charge in [-0.25, -0.2) is 0 Å². The maximum Gasteiger partial charge on any atom is 0.152 e. The molecule has 0 N–H and O–H groups in total. The van der Waals surface area contributed by atoms with Crippen LogP contribution in [0.3, 0.4) is 0 Å². The minimum absolute atomic E-state index is 0.546. The maximum absolute atomic E-state index is 10.9. The molecule has 1 aliphatic rings. The van der Waals surface area contributed by atoms with Crippen LogP contribution < -0.4 is 4.90 Å². The van der Waals surface area contributed by atoms with Crippen LogP contribution in [0, 0.1) is 0 Å². The van der Waals surface area contributed by atoms with Crippen LogP contribution in [0.2, 0.25) is 0 Å². The fourth-order valence-electron chi connectivity index (χ4n) is 2.25. The molecule has 0 saturated carbocycles. The Balaban J connectivity index is 2.56. The number of benzene rings is 1. The van der Waals surface area contributed by atoms with Crippen molar-refractivity contribution in [1.82, 2.24) is 0 Å². The van der Waals surface area contributed by atoms with E-state index in [4.69, 9.17) is 0 Å². The highest BCUT2D eigenvalue weighted by Gasteiger charge is 2.26. The average Bonchev–Trinajstić information content (AvgIpc) is 2.56. The Labute approximate surface area is 84.5 Å². The van der Waals surface area contributed by atoms with Gasteiger partial charge in [0.2, 0.25) is 0 Å². The molecule has 2 heteroatoms. The van der Waals surface area contributed by atoms with E-state index in [0.29, 0.717) is 5.92 Å². The number of anilines is 1. The molecule has 14 heavy (non-hydrogen) atoms. The first-order valence-electron chi connectivity index (χ1n) is 5.11. The summed E-state index contributed by atoms with van der Waals surface area (Å²) in [5.41, 5.74) is 3.29. The number of aldehydes is 1. The smallest absolute Gasteiger partial charge is 0.152 e. The van der Waals surface area contributed by atoms with Crippen LogP contribution in [0.15, 0.2) is 18.2 Å². The summed E-state index contributed by atoms with van der Waals surface area (Å²) in [6, 6.07) is 5.99. The Morgan fingerprint density at radius 2 is 2.36 bits per heavy atom. The normalized spacial score (nSPS) is 19.6. The largest absolute Gasteiger partial charge is 0.370 e. The Kier molecular flexibility index (Phi) is 2.28. The topological polar surface area (TPSA) is 20.3 Å². The van der Waals surface area contributed by atoms with Crippen LogP contribution >= 0.6 is 0 Å². The number of nitrogens with zero attached hydrogens (tertiary/aromatic N) is 1. The maximum atomic E-state index is 10.9. The number of carbonyl (C=O) groups is 1. The zero-order chi connectivity index (χ0) is 10.1. The van der Waals surface area contributed by atoms with Crippen molar-refractivity contribution in [3.63, 3.8) is 0 Å². The van der Waals surface area contributed by atoms with E-state index in [9.17, 15) is 4.79 Å². The van der Waals surface area contributed by atoms with Crippen LogP contribution in [0.4, 0.5) is 5.69 Å². The molecule has 1 heterocycles. The molecule has 1 aliphatic heterocycles. The summed E-state index contributed by atoms with van der Waals surface area (Å²) in [5, 5.41) is 0. The van der Waals surface area contributed by atoms with E-state index in [0.717, 1.165) is 30.6 Å². The first-order valence-corrected chi connectivity index (χ1v) is 5.11. The highest BCUT2D eigenvalue weighted by atomic mass is 16.1. The molecular formula is C12H15NO. The van der Waals surface area contributed by atoms with Crippen molar-refractivity contribution in [1.29, 1.82) is 0 Å². The molecule has 0 fully saturated rings. The average molecular weight is 189 g/mol. The highest BCUT2D eigenvalue weighted by Crippen LogP contribution is 2.37. The summed E-state index contributed by atoms with van der Waals surface area (Å²) in [5.74, 6) is 0.546. The second kappa shape index (κ2) is 3.45. The summed E-state index contributed by atoms with van der Waals surface area (Å²) < 4.78 is 0. The summed E-state index contributed by atoms with van der Waals surface area (Å²) >= 11 is 0. The van der Waals surface area contributed by atoms with Gasteiger partial charge in [-0.15, -0.1) is 0 Å². The molecule has 0 radical (unpaired) electrons. The minimum Gasteiger partial charge on any atom is -0.370 e.